The van der Waals surface area contributed by atoms with Crippen LogP contribution in [0.5, 0.6) is 11.5 Å². The summed E-state index contributed by atoms with van der Waals surface area (Å²) in [6.07, 6.45) is 2.66. The molecule has 0 saturated carbocycles. The van der Waals surface area contributed by atoms with E-state index in [1.54, 1.807) is 48.5 Å². The first-order valence-electron chi connectivity index (χ1n) is 9.18. The topological polar surface area (TPSA) is 52.6 Å². The highest BCUT2D eigenvalue weighted by Crippen LogP contribution is 2.35. The van der Waals surface area contributed by atoms with Gasteiger partial charge in [0.25, 0.3) is 0 Å². The third kappa shape index (κ3) is 4.08. The number of aryl methyl sites for hydroxylation is 1. The van der Waals surface area contributed by atoms with Crippen molar-refractivity contribution in [1.82, 2.24) is 0 Å². The maximum absolute atomic E-state index is 12.6. The number of allylic oxidation sites excluding steroid dienone is 1. The van der Waals surface area contributed by atoms with Gasteiger partial charge in [0.2, 0.25) is 5.78 Å². The van der Waals surface area contributed by atoms with E-state index in [9.17, 15) is 9.59 Å². The van der Waals surface area contributed by atoms with Gasteiger partial charge in [-0.15, -0.1) is 0 Å². The molecule has 1 aliphatic heterocycles. The highest BCUT2D eigenvalue weighted by molar-refractivity contribution is 6.30. The average molecular weight is 405 g/mol. The van der Waals surface area contributed by atoms with Crippen molar-refractivity contribution in [1.29, 1.82) is 0 Å². The molecule has 0 radical (unpaired) electrons. The highest BCUT2D eigenvalue weighted by atomic mass is 35.5. The molecule has 0 amide bonds. The molecule has 0 unspecified atom stereocenters. The van der Waals surface area contributed by atoms with Gasteiger partial charge < -0.3 is 9.47 Å². The molecule has 1 heterocycles. The molecule has 3 aromatic rings. The van der Waals surface area contributed by atoms with Crippen LogP contribution in [0.4, 0.5) is 0 Å². The van der Waals surface area contributed by atoms with Gasteiger partial charge in [-0.05, 0) is 60.0 Å². The first-order chi connectivity index (χ1) is 14.0. The van der Waals surface area contributed by atoms with Gasteiger partial charge in [-0.1, -0.05) is 42.8 Å². The fourth-order valence-electron chi connectivity index (χ4n) is 2.98. The monoisotopic (exact) mass is 404 g/mol. The zero-order valence-corrected chi connectivity index (χ0v) is 16.4. The van der Waals surface area contributed by atoms with Crippen molar-refractivity contribution in [3.8, 4) is 11.5 Å². The number of fused-ring (bicyclic) bond motifs is 1. The lowest BCUT2D eigenvalue weighted by Crippen LogP contribution is -2.08. The number of ether oxygens (including phenoxy) is 2. The molecule has 5 heteroatoms. The van der Waals surface area contributed by atoms with Crippen LogP contribution in [0.15, 0.2) is 72.5 Å². The second kappa shape index (κ2) is 7.94. The van der Waals surface area contributed by atoms with E-state index in [0.717, 1.165) is 12.0 Å². The molecule has 29 heavy (non-hydrogen) atoms. The minimum absolute atomic E-state index is 0.199. The van der Waals surface area contributed by atoms with Crippen molar-refractivity contribution in [2.45, 2.75) is 13.3 Å². The van der Waals surface area contributed by atoms with Crippen LogP contribution in [0.2, 0.25) is 5.02 Å². The van der Waals surface area contributed by atoms with Crippen LogP contribution in [0, 0.1) is 0 Å². The van der Waals surface area contributed by atoms with Crippen LogP contribution in [0.3, 0.4) is 0 Å². The summed E-state index contributed by atoms with van der Waals surface area (Å²) in [5, 5.41) is 0.537. The van der Waals surface area contributed by atoms with Gasteiger partial charge in [0.1, 0.15) is 11.5 Å². The lowest BCUT2D eigenvalue weighted by molar-refractivity contribution is 0.0734. The molecule has 4 nitrogen and oxygen atoms in total. The number of rotatable bonds is 4. The Bertz CT molecular complexity index is 1110. The summed E-state index contributed by atoms with van der Waals surface area (Å²) >= 11 is 5.84. The van der Waals surface area contributed by atoms with E-state index in [1.807, 2.05) is 24.3 Å². The van der Waals surface area contributed by atoms with E-state index in [1.165, 1.54) is 5.56 Å². The molecule has 0 bridgehead atoms. The smallest absolute Gasteiger partial charge is 0.343 e. The summed E-state index contributed by atoms with van der Waals surface area (Å²) < 4.78 is 11.1. The molecule has 1 aliphatic rings. The Morgan fingerprint density at radius 2 is 1.76 bits per heavy atom. The van der Waals surface area contributed by atoms with Crippen molar-refractivity contribution in [3.05, 3.63) is 99.8 Å². The Labute approximate surface area is 173 Å². The van der Waals surface area contributed by atoms with Gasteiger partial charge in [-0.3, -0.25) is 4.79 Å². The van der Waals surface area contributed by atoms with E-state index in [0.29, 0.717) is 27.6 Å². The summed E-state index contributed by atoms with van der Waals surface area (Å²) in [7, 11) is 0. The normalized spacial score (nSPS) is 13.9. The Morgan fingerprint density at radius 1 is 1.03 bits per heavy atom. The quantitative estimate of drug-likeness (QED) is 0.316. The van der Waals surface area contributed by atoms with Crippen molar-refractivity contribution in [2.75, 3.05) is 0 Å². The highest BCUT2D eigenvalue weighted by Gasteiger charge is 2.28. The lowest BCUT2D eigenvalue weighted by atomic mass is 10.1. The van der Waals surface area contributed by atoms with Gasteiger partial charge in [0, 0.05) is 11.1 Å². The number of benzene rings is 3. The standard InChI is InChI=1S/C24H17ClO4/c1-2-15-3-5-16(6-4-15)13-22-23(26)20-12-11-19(14-21(20)29-22)28-24(27)17-7-9-18(25)10-8-17/h3-14H,2H2,1H3/b22-13-. The maximum Gasteiger partial charge on any atom is 0.343 e. The van der Waals surface area contributed by atoms with Crippen molar-refractivity contribution < 1.29 is 19.1 Å². The number of ketones is 1. The first-order valence-corrected chi connectivity index (χ1v) is 9.56. The van der Waals surface area contributed by atoms with Gasteiger partial charge >= 0.3 is 5.97 Å². The molecule has 0 aromatic heterocycles. The summed E-state index contributed by atoms with van der Waals surface area (Å²) in [6, 6.07) is 19.1. The van der Waals surface area contributed by atoms with Crippen molar-refractivity contribution >= 4 is 29.4 Å². The summed E-state index contributed by atoms with van der Waals surface area (Å²) in [5.41, 5.74) is 2.92. The van der Waals surface area contributed by atoms with Gasteiger partial charge in [0.05, 0.1) is 11.1 Å². The summed E-state index contributed by atoms with van der Waals surface area (Å²) in [4.78, 5) is 24.9. The predicted molar refractivity (Wildman–Crippen MR) is 112 cm³/mol. The third-order valence-electron chi connectivity index (χ3n) is 4.62. The van der Waals surface area contributed by atoms with Gasteiger partial charge in [-0.25, -0.2) is 4.79 Å². The molecule has 0 fully saturated rings. The van der Waals surface area contributed by atoms with E-state index in [4.69, 9.17) is 21.1 Å². The number of esters is 1. The second-order valence-corrected chi connectivity index (χ2v) is 7.03. The Balaban J connectivity index is 1.52. The number of carbonyl (C=O) groups is 2. The van der Waals surface area contributed by atoms with E-state index in [2.05, 4.69) is 6.92 Å². The second-order valence-electron chi connectivity index (χ2n) is 6.59. The van der Waals surface area contributed by atoms with E-state index < -0.39 is 5.97 Å². The Kier molecular flexibility index (Phi) is 5.19. The van der Waals surface area contributed by atoms with Gasteiger partial charge in [-0.2, -0.15) is 0 Å². The van der Waals surface area contributed by atoms with Crippen LogP contribution in [-0.4, -0.2) is 11.8 Å². The van der Waals surface area contributed by atoms with Crippen molar-refractivity contribution in [2.24, 2.45) is 0 Å². The predicted octanol–water partition coefficient (Wildman–Crippen LogP) is 5.74. The molecule has 0 atom stereocenters. The number of hydrogen-bond donors (Lipinski definition) is 0. The maximum atomic E-state index is 12.6. The zero-order valence-electron chi connectivity index (χ0n) is 15.6. The third-order valence-corrected chi connectivity index (χ3v) is 4.87. The number of halogens is 1. The number of hydrogen-bond acceptors (Lipinski definition) is 4. The fraction of sp³-hybridized carbons (Fsp3) is 0.0833. The molecule has 144 valence electrons. The van der Waals surface area contributed by atoms with Crippen LogP contribution >= 0.6 is 11.6 Å². The molecule has 0 spiro atoms. The molecule has 0 aliphatic carbocycles. The molecule has 0 saturated heterocycles. The summed E-state index contributed by atoms with van der Waals surface area (Å²) in [6.45, 7) is 2.09. The molecule has 4 rings (SSSR count). The largest absolute Gasteiger partial charge is 0.452 e. The minimum atomic E-state index is -0.516. The summed E-state index contributed by atoms with van der Waals surface area (Å²) in [5.74, 6) is 0.191. The first kappa shape index (κ1) is 19.0. The van der Waals surface area contributed by atoms with E-state index >= 15 is 0 Å². The number of carbonyl (C=O) groups excluding carboxylic acids is 2. The minimum Gasteiger partial charge on any atom is -0.452 e. The molecular formula is C24H17ClO4. The van der Waals surface area contributed by atoms with Crippen LogP contribution in [0.1, 0.15) is 38.8 Å². The SMILES string of the molecule is CCc1ccc(/C=C2\Oc3cc(OC(=O)c4ccc(Cl)cc4)ccc3C2=O)cc1. The number of Topliss-reactive ketones (excluding diaryl/α,β-unsaturated/α-hetero) is 1. The van der Waals surface area contributed by atoms with Crippen molar-refractivity contribution in [3.63, 3.8) is 0 Å². The fourth-order valence-corrected chi connectivity index (χ4v) is 3.11. The average Bonchev–Trinajstić information content (AvgIpc) is 3.03. The zero-order chi connectivity index (χ0) is 20.4. The van der Waals surface area contributed by atoms with Crippen LogP contribution < -0.4 is 9.47 Å². The molecule has 0 N–H and O–H groups in total. The Morgan fingerprint density at radius 3 is 2.45 bits per heavy atom. The van der Waals surface area contributed by atoms with Crippen LogP contribution in [0.25, 0.3) is 6.08 Å². The van der Waals surface area contributed by atoms with Crippen LogP contribution in [-0.2, 0) is 6.42 Å². The Hall–Kier alpha value is -3.37. The van der Waals surface area contributed by atoms with E-state index in [-0.39, 0.29) is 11.5 Å². The molecule has 3 aromatic carbocycles. The lowest BCUT2D eigenvalue weighted by Gasteiger charge is -2.06. The van der Waals surface area contributed by atoms with Gasteiger partial charge in [0.15, 0.2) is 5.76 Å². The molecular weight excluding hydrogens is 388 g/mol.